The van der Waals surface area contributed by atoms with Crippen LogP contribution in [0.3, 0.4) is 0 Å². The first-order valence-corrected chi connectivity index (χ1v) is 11.0. The smallest absolute Gasteiger partial charge is 0.193 e. The van der Waals surface area contributed by atoms with Gasteiger partial charge in [-0.1, -0.05) is 19.1 Å². The molecular formula is C22H39IN6O. The van der Waals surface area contributed by atoms with Gasteiger partial charge in [-0.05, 0) is 25.6 Å². The molecule has 0 amide bonds. The number of aliphatic imine (C=N–C) groups is 1. The molecule has 0 radical (unpaired) electrons. The standard InChI is InChI=1S/C22H38N6O.HI/c1-5-25-10-12-26(13-11-25)19(2)18-24-22(23-3)28-16-14-27(15-17-28)20-8-6-7-9-21(20)29-4;/h6-9,19H,5,10-18H2,1-4H3,(H,23,24);1H. The van der Waals surface area contributed by atoms with Crippen molar-refractivity contribution in [3.63, 3.8) is 0 Å². The Bertz CT molecular complexity index is 657. The highest BCUT2D eigenvalue weighted by atomic mass is 127. The number of piperazine rings is 2. The molecule has 7 nitrogen and oxygen atoms in total. The molecule has 0 aliphatic carbocycles. The number of nitrogens with one attached hydrogen (secondary N) is 1. The van der Waals surface area contributed by atoms with Gasteiger partial charge in [-0.15, -0.1) is 24.0 Å². The van der Waals surface area contributed by atoms with Gasteiger partial charge in [-0.25, -0.2) is 0 Å². The van der Waals surface area contributed by atoms with Gasteiger partial charge >= 0.3 is 0 Å². The first-order valence-electron chi connectivity index (χ1n) is 11.0. The summed E-state index contributed by atoms with van der Waals surface area (Å²) in [6, 6.07) is 8.78. The number of para-hydroxylation sites is 2. The Morgan fingerprint density at radius 2 is 1.73 bits per heavy atom. The average molecular weight is 530 g/mol. The zero-order chi connectivity index (χ0) is 20.6. The van der Waals surface area contributed by atoms with Gasteiger partial charge in [0.1, 0.15) is 5.75 Å². The molecule has 2 saturated heterocycles. The van der Waals surface area contributed by atoms with Gasteiger partial charge in [0.25, 0.3) is 0 Å². The van der Waals surface area contributed by atoms with Gasteiger partial charge < -0.3 is 24.8 Å². The molecule has 1 unspecified atom stereocenters. The lowest BCUT2D eigenvalue weighted by Crippen LogP contribution is -2.56. The third-order valence-electron chi connectivity index (χ3n) is 6.25. The van der Waals surface area contributed by atoms with Crippen molar-refractivity contribution in [1.29, 1.82) is 0 Å². The summed E-state index contributed by atoms with van der Waals surface area (Å²) in [6.45, 7) is 15.2. The lowest BCUT2D eigenvalue weighted by atomic mass is 10.2. The van der Waals surface area contributed by atoms with E-state index in [4.69, 9.17) is 4.74 Å². The predicted molar refractivity (Wildman–Crippen MR) is 137 cm³/mol. The van der Waals surface area contributed by atoms with Crippen LogP contribution in [0.2, 0.25) is 0 Å². The molecule has 1 aromatic rings. The van der Waals surface area contributed by atoms with E-state index in [2.05, 4.69) is 55.9 Å². The topological polar surface area (TPSA) is 46.6 Å². The van der Waals surface area contributed by atoms with Crippen molar-refractivity contribution in [2.45, 2.75) is 19.9 Å². The third kappa shape index (κ3) is 6.37. The molecule has 1 atom stereocenters. The van der Waals surface area contributed by atoms with Crippen LogP contribution in [0.5, 0.6) is 5.75 Å². The summed E-state index contributed by atoms with van der Waals surface area (Å²) in [4.78, 5) is 14.4. The van der Waals surface area contributed by atoms with E-state index in [9.17, 15) is 0 Å². The van der Waals surface area contributed by atoms with Crippen LogP contribution < -0.4 is 15.0 Å². The van der Waals surface area contributed by atoms with E-state index in [0.29, 0.717) is 6.04 Å². The number of ether oxygens (including phenoxy) is 1. The van der Waals surface area contributed by atoms with Crippen LogP contribution in [0.25, 0.3) is 0 Å². The molecular weight excluding hydrogens is 491 g/mol. The molecule has 2 heterocycles. The molecule has 2 aliphatic heterocycles. The highest BCUT2D eigenvalue weighted by molar-refractivity contribution is 14.0. The molecule has 170 valence electrons. The van der Waals surface area contributed by atoms with Gasteiger partial charge in [0, 0.05) is 72.0 Å². The van der Waals surface area contributed by atoms with Crippen molar-refractivity contribution >= 4 is 35.6 Å². The van der Waals surface area contributed by atoms with E-state index < -0.39 is 0 Å². The fourth-order valence-electron chi connectivity index (χ4n) is 4.27. The number of rotatable bonds is 6. The van der Waals surface area contributed by atoms with E-state index >= 15 is 0 Å². The quantitative estimate of drug-likeness (QED) is 0.345. The first-order chi connectivity index (χ1) is 14.2. The van der Waals surface area contributed by atoms with Gasteiger partial charge in [0.15, 0.2) is 5.96 Å². The molecule has 1 N–H and O–H groups in total. The second kappa shape index (κ2) is 12.6. The minimum Gasteiger partial charge on any atom is -0.495 e. The SMILES string of the molecule is CCN1CCN(C(C)CNC(=NC)N2CCN(c3ccccc3OC)CC2)CC1.I. The zero-order valence-electron chi connectivity index (χ0n) is 19.0. The fraction of sp³-hybridized carbons (Fsp3) is 0.682. The monoisotopic (exact) mass is 530 g/mol. The van der Waals surface area contributed by atoms with Gasteiger partial charge in [-0.2, -0.15) is 0 Å². The number of hydrogen-bond donors (Lipinski definition) is 1. The predicted octanol–water partition coefficient (Wildman–Crippen LogP) is 2.04. The zero-order valence-corrected chi connectivity index (χ0v) is 21.3. The van der Waals surface area contributed by atoms with Crippen molar-refractivity contribution in [3.8, 4) is 5.75 Å². The lowest BCUT2D eigenvalue weighted by Gasteiger charge is -2.40. The maximum Gasteiger partial charge on any atom is 0.193 e. The van der Waals surface area contributed by atoms with Crippen molar-refractivity contribution in [2.24, 2.45) is 4.99 Å². The first kappa shape index (κ1) is 25.0. The van der Waals surface area contributed by atoms with Crippen LogP contribution in [0.15, 0.2) is 29.3 Å². The van der Waals surface area contributed by atoms with Crippen LogP contribution >= 0.6 is 24.0 Å². The number of likely N-dealkylation sites (N-methyl/N-ethyl adjacent to an activating group) is 1. The molecule has 0 aromatic heterocycles. The highest BCUT2D eigenvalue weighted by Crippen LogP contribution is 2.28. The number of benzene rings is 1. The molecule has 1 aromatic carbocycles. The maximum absolute atomic E-state index is 5.53. The Kier molecular flexibility index (Phi) is 10.5. The number of guanidine groups is 1. The lowest BCUT2D eigenvalue weighted by molar-refractivity contribution is 0.107. The number of halogens is 1. The number of methoxy groups -OCH3 is 1. The summed E-state index contributed by atoms with van der Waals surface area (Å²) in [6.07, 6.45) is 0. The largest absolute Gasteiger partial charge is 0.495 e. The Hall–Kier alpha value is -1.26. The fourth-order valence-corrected chi connectivity index (χ4v) is 4.27. The summed E-state index contributed by atoms with van der Waals surface area (Å²) in [5, 5.41) is 3.62. The molecule has 30 heavy (non-hydrogen) atoms. The van der Waals surface area contributed by atoms with Crippen molar-refractivity contribution in [2.75, 3.05) is 84.5 Å². The van der Waals surface area contributed by atoms with E-state index in [1.54, 1.807) is 7.11 Å². The van der Waals surface area contributed by atoms with Crippen LogP contribution in [0.1, 0.15) is 13.8 Å². The van der Waals surface area contributed by atoms with Crippen LogP contribution in [-0.4, -0.2) is 106 Å². The van der Waals surface area contributed by atoms with Crippen molar-refractivity contribution < 1.29 is 4.74 Å². The summed E-state index contributed by atoms with van der Waals surface area (Å²) < 4.78 is 5.53. The van der Waals surface area contributed by atoms with Crippen LogP contribution in [0.4, 0.5) is 5.69 Å². The second-order valence-electron chi connectivity index (χ2n) is 7.89. The van der Waals surface area contributed by atoms with Crippen LogP contribution in [-0.2, 0) is 0 Å². The molecule has 8 heteroatoms. The molecule has 0 spiro atoms. The van der Waals surface area contributed by atoms with E-state index in [1.807, 2.05) is 19.2 Å². The Morgan fingerprint density at radius 1 is 1.07 bits per heavy atom. The van der Waals surface area contributed by atoms with Gasteiger partial charge in [-0.3, -0.25) is 9.89 Å². The molecule has 2 fully saturated rings. The Labute approximate surface area is 199 Å². The molecule has 3 rings (SSSR count). The third-order valence-corrected chi connectivity index (χ3v) is 6.25. The van der Waals surface area contributed by atoms with Crippen molar-refractivity contribution in [3.05, 3.63) is 24.3 Å². The Balaban J connectivity index is 0.00000320. The minimum atomic E-state index is 0. The maximum atomic E-state index is 5.53. The summed E-state index contributed by atoms with van der Waals surface area (Å²) in [5.41, 5.74) is 1.18. The number of anilines is 1. The van der Waals surface area contributed by atoms with Crippen molar-refractivity contribution in [1.82, 2.24) is 20.0 Å². The average Bonchev–Trinajstić information content (AvgIpc) is 2.79. The van der Waals surface area contributed by atoms with Gasteiger partial charge in [0.2, 0.25) is 0 Å². The highest BCUT2D eigenvalue weighted by Gasteiger charge is 2.23. The second-order valence-corrected chi connectivity index (χ2v) is 7.89. The van der Waals surface area contributed by atoms with E-state index in [1.165, 1.54) is 18.8 Å². The molecule has 0 bridgehead atoms. The minimum absolute atomic E-state index is 0. The molecule has 0 saturated carbocycles. The number of hydrogen-bond acceptors (Lipinski definition) is 5. The summed E-state index contributed by atoms with van der Waals surface area (Å²) >= 11 is 0. The number of nitrogens with zero attached hydrogens (tertiary/aromatic N) is 5. The van der Waals surface area contributed by atoms with E-state index in [0.717, 1.165) is 64.1 Å². The summed E-state index contributed by atoms with van der Waals surface area (Å²) in [5.74, 6) is 1.96. The normalized spacial score (nSPS) is 19.9. The van der Waals surface area contributed by atoms with E-state index in [-0.39, 0.29) is 24.0 Å². The Morgan fingerprint density at radius 3 is 2.33 bits per heavy atom. The van der Waals surface area contributed by atoms with Gasteiger partial charge in [0.05, 0.1) is 12.8 Å². The summed E-state index contributed by atoms with van der Waals surface area (Å²) in [7, 11) is 3.63. The molecule has 2 aliphatic rings. The van der Waals surface area contributed by atoms with Crippen LogP contribution in [0, 0.1) is 0 Å².